The summed E-state index contributed by atoms with van der Waals surface area (Å²) >= 11 is 3.86. The number of halogens is 16. The number of rotatable bonds is 30. The fourth-order valence-electron chi connectivity index (χ4n) is 12.9. The molecule has 0 aliphatic heterocycles. The summed E-state index contributed by atoms with van der Waals surface area (Å²) in [4.78, 5) is 5.62. The molecule has 2 aliphatic carbocycles. The van der Waals surface area contributed by atoms with Crippen LogP contribution in [0.1, 0.15) is 255 Å². The summed E-state index contributed by atoms with van der Waals surface area (Å²) in [6.45, 7) is 18.3. The minimum Gasteiger partial charge on any atom is -0.141 e. The third-order valence-electron chi connectivity index (χ3n) is 16.9. The fourth-order valence-corrected chi connectivity index (χ4v) is 14.6. The Bertz CT molecular complexity index is 2430. The Morgan fingerprint density at radius 1 is 0.284 bits per heavy atom. The van der Waals surface area contributed by atoms with Gasteiger partial charge in [0.2, 0.25) is 0 Å². The maximum absolute atomic E-state index is 8.00. The van der Waals surface area contributed by atoms with Crippen LogP contribution in [0.3, 0.4) is 0 Å². The van der Waals surface area contributed by atoms with Gasteiger partial charge in [-0.25, -0.2) is 0 Å². The molecule has 0 spiro atoms. The van der Waals surface area contributed by atoms with Crippen molar-refractivity contribution in [1.82, 2.24) is 0 Å². The first kappa shape index (κ1) is 83.2. The fraction of sp³-hybridized carbons (Fsp3) is 0.543. The quantitative estimate of drug-likeness (QED) is 0.0311. The van der Waals surface area contributed by atoms with Crippen molar-refractivity contribution in [3.63, 3.8) is 0 Å². The molecule has 0 unspecified atom stereocenters. The van der Waals surface area contributed by atoms with Gasteiger partial charge < -0.3 is 0 Å². The summed E-state index contributed by atoms with van der Waals surface area (Å²) in [7, 11) is 0. The largest absolute Gasteiger partial charge is 0.141 e. The number of thiophene rings is 2. The SMILES string of the molecule is CCCCCCCCC1(CCCCCCCC)c2cc(C)ccc2-c2ccc(-c3ccc(C)s3)cc21.CCCCCCCCC1(CCCCCCCC)c2cc(C)ccc2-c2ccc(-c3ccc(C)s3)cc21.FF.FF.FF.FF.FF.FF.FF.FF.[3HH].[3H][3H]. The van der Waals surface area contributed by atoms with E-state index in [0.29, 0.717) is 0 Å². The van der Waals surface area contributed by atoms with Crippen molar-refractivity contribution < 1.29 is 77.6 Å². The van der Waals surface area contributed by atoms with Crippen LogP contribution in [0.4, 0.5) is 73.2 Å². The molecule has 0 nitrogen and oxygen atoms in total. The standard InChI is InChI=1S/2C35H48S.8F2.2H2/c2*1-5-7-9-11-13-15-23-35(24-16-14-12-10-8-6-2)32-25-27(3)17-20-30(32)31-21-19-29(26-33(31)35)34-22-18-28(4)36-34;8*1-2;;/h2*17-22,25-26H,5-16,23-24H2,1-4H3;;;;;;;;;2*1H/i;;;;;;;;;;1+2T;1+2. The number of benzene rings is 4. The number of hydrogen-bond donors (Lipinski definition) is 0. The molecule has 0 amide bonds. The molecule has 4 aromatic carbocycles. The molecule has 8 rings (SSSR count). The number of aryl methyl sites for hydroxylation is 4. The molecule has 0 bridgehead atoms. The molecule has 0 radical (unpaired) electrons. The second-order valence-electron chi connectivity index (χ2n) is 22.7. The predicted molar refractivity (Wildman–Crippen MR) is 345 cm³/mol. The molecule has 2 aromatic heterocycles. The van der Waals surface area contributed by atoms with Crippen molar-refractivity contribution in [3.8, 4) is 43.1 Å². The highest BCUT2D eigenvalue weighted by molar-refractivity contribution is 7.15. The number of unbranched alkanes of at least 4 members (excludes halogenated alkanes) is 20. The van der Waals surface area contributed by atoms with E-state index >= 15 is 0 Å². The van der Waals surface area contributed by atoms with Gasteiger partial charge in [-0.1, -0.05) is 254 Å². The zero-order chi connectivity index (χ0) is 68.8. The molecule has 504 valence electrons. The molecule has 0 saturated heterocycles. The monoisotopic (exact) mass is 1310 g/mol. The van der Waals surface area contributed by atoms with Gasteiger partial charge in [-0.05, 0) is 145 Å². The normalized spacial score (nSPS) is 11.8. The molecule has 88 heavy (non-hydrogen) atoms. The number of hydrogen-bond acceptors (Lipinski definition) is 2. The van der Waals surface area contributed by atoms with Gasteiger partial charge >= 0.3 is 0 Å². The van der Waals surface area contributed by atoms with Gasteiger partial charge in [0.25, 0.3) is 0 Å². The predicted octanol–water partition coefficient (Wildman–Crippen LogP) is 30.8. The van der Waals surface area contributed by atoms with E-state index in [-0.39, 0.29) is 12.3 Å². The van der Waals surface area contributed by atoms with Gasteiger partial charge in [0.1, 0.15) is 0 Å². The average Bonchev–Trinajstić information content (AvgIpc) is 1.58. The van der Waals surface area contributed by atoms with Crippen LogP contribution in [0.15, 0.2) is 97.1 Å². The van der Waals surface area contributed by atoms with Gasteiger partial charge in [-0.15, -0.1) is 22.7 Å². The van der Waals surface area contributed by atoms with Crippen LogP contribution in [0.25, 0.3) is 43.1 Å². The Hall–Kier alpha value is -4.84. The van der Waals surface area contributed by atoms with E-state index < -0.39 is 0 Å². The molecule has 0 N–H and O–H groups in total. The summed E-state index contributed by atoms with van der Waals surface area (Å²) in [6, 6.07) is 38.5. The van der Waals surface area contributed by atoms with E-state index in [2.05, 4.69) is 152 Å². The van der Waals surface area contributed by atoms with Crippen LogP contribution >= 0.6 is 22.7 Å². The lowest BCUT2D eigenvalue weighted by Crippen LogP contribution is -2.25. The minimum atomic E-state index is 0. The Labute approximate surface area is 527 Å². The van der Waals surface area contributed by atoms with E-state index in [1.807, 2.05) is 22.7 Å². The Kier molecular flexibility index (Phi) is 50.0. The highest BCUT2D eigenvalue weighted by Gasteiger charge is 2.44. The lowest BCUT2D eigenvalue weighted by atomic mass is 9.70. The van der Waals surface area contributed by atoms with Crippen molar-refractivity contribution in [2.75, 3.05) is 0 Å². The Balaban J connectivity index is -0.000000661. The van der Waals surface area contributed by atoms with Crippen LogP contribution in [-0.2, 0) is 10.8 Å². The summed E-state index contributed by atoms with van der Waals surface area (Å²) in [6.07, 6.45) is 38.1. The smallest absolute Gasteiger partial charge is 0.0345 e. The summed E-state index contributed by atoms with van der Waals surface area (Å²) in [5.41, 5.74) is 18.5. The van der Waals surface area contributed by atoms with E-state index in [9.17, 15) is 0 Å². The second-order valence-corrected chi connectivity index (χ2v) is 25.3. The maximum atomic E-state index is 8.00. The topological polar surface area (TPSA) is 0 Å². The van der Waals surface area contributed by atoms with Crippen molar-refractivity contribution in [3.05, 3.63) is 140 Å². The Morgan fingerprint density at radius 2 is 0.511 bits per heavy atom. The van der Waals surface area contributed by atoms with E-state index in [0.717, 1.165) is 0 Å². The van der Waals surface area contributed by atoms with Crippen LogP contribution in [0.2, 0.25) is 0 Å². The van der Waals surface area contributed by atoms with Crippen LogP contribution in [0, 0.1) is 27.7 Å². The van der Waals surface area contributed by atoms with Crippen LogP contribution in [0.5, 0.6) is 0 Å². The van der Waals surface area contributed by atoms with Crippen molar-refractivity contribution in [2.24, 2.45) is 0 Å². The molecule has 0 atom stereocenters. The summed E-state index contributed by atoms with van der Waals surface area (Å²) in [5.74, 6) is 0. The molecule has 2 heterocycles. The third-order valence-corrected chi connectivity index (χ3v) is 19.0. The highest BCUT2D eigenvalue weighted by Crippen LogP contribution is 2.57. The van der Waals surface area contributed by atoms with Crippen molar-refractivity contribution >= 4 is 22.7 Å². The molecule has 0 fully saturated rings. The molecule has 18 heteroatoms. The lowest BCUT2D eigenvalue weighted by molar-refractivity contribution is 0.108. The summed E-state index contributed by atoms with van der Waals surface area (Å²) in [5, 5.41) is 0. The van der Waals surface area contributed by atoms with Crippen molar-refractivity contribution in [1.29, 1.82) is 0 Å². The Morgan fingerprint density at radius 3 is 0.750 bits per heavy atom. The zero-order valence-corrected chi connectivity index (χ0v) is 54.5. The molecule has 6 aromatic rings. The second kappa shape index (κ2) is 52.9. The minimum absolute atomic E-state index is 0. The van der Waals surface area contributed by atoms with E-state index in [4.69, 9.17) is 76.2 Å². The first-order chi connectivity index (χ1) is 44.2. The summed E-state index contributed by atoms with van der Waals surface area (Å²) < 4.78 is 138. The molecular weight excluding hydrogens is 1210 g/mol. The molecule has 2 aliphatic rings. The third kappa shape index (κ3) is 26.2. The first-order valence-electron chi connectivity index (χ1n) is 32.0. The van der Waals surface area contributed by atoms with Crippen LogP contribution < -0.4 is 0 Å². The first-order valence-corrected chi connectivity index (χ1v) is 32.6. The van der Waals surface area contributed by atoms with Gasteiger partial charge in [0.05, 0.1) is 0 Å². The molecule has 0 saturated carbocycles. The highest BCUT2D eigenvalue weighted by atomic mass is 32.1. The van der Waals surface area contributed by atoms with Gasteiger partial charge in [0.15, 0.2) is 0 Å². The van der Waals surface area contributed by atoms with E-state index in [1.165, 1.54) is 244 Å². The van der Waals surface area contributed by atoms with Crippen molar-refractivity contribution in [2.45, 2.75) is 246 Å². The van der Waals surface area contributed by atoms with E-state index in [1.54, 1.807) is 22.3 Å². The number of fused-ring (bicyclic) bond motifs is 6. The lowest BCUT2D eigenvalue weighted by Gasteiger charge is -2.33. The van der Waals surface area contributed by atoms with Gasteiger partial charge in [-0.3, -0.25) is 0 Å². The van der Waals surface area contributed by atoms with Gasteiger partial charge in [-0.2, -0.15) is 0 Å². The molecular formula is C70H100F16S2. The maximum Gasteiger partial charge on any atom is 0.0345 e. The average molecular weight is 1320 g/mol. The van der Waals surface area contributed by atoms with Gasteiger partial charge in [0, 0.05) is 108 Å². The zero-order valence-electron chi connectivity index (χ0n) is 54.9. The van der Waals surface area contributed by atoms with Crippen LogP contribution in [-0.4, -0.2) is 0 Å².